The Morgan fingerprint density at radius 1 is 0.274 bits per heavy atom. The van der Waals surface area contributed by atoms with Crippen LogP contribution in [0.1, 0.15) is 58.3 Å². The molecule has 0 amide bonds. The van der Waals surface area contributed by atoms with Crippen molar-refractivity contribution in [3.63, 3.8) is 0 Å². The molecular weight excluding hydrogens is 1100 g/mol. The molecule has 12 saturated heterocycles. The molecule has 13 atom stereocenters. The Hall–Kier alpha value is -0.960. The van der Waals surface area contributed by atoms with E-state index >= 15 is 0 Å². The van der Waals surface area contributed by atoms with E-state index in [1.165, 1.54) is 38.5 Å². The van der Waals surface area contributed by atoms with Gasteiger partial charge in [0.05, 0.1) is 216 Å². The van der Waals surface area contributed by atoms with Gasteiger partial charge in [0.25, 0.3) is 0 Å². The lowest BCUT2D eigenvalue weighted by Gasteiger charge is -2.32. The van der Waals surface area contributed by atoms with Crippen molar-refractivity contribution in [3.8, 4) is 0 Å². The molecule has 0 N–H and O–H groups in total. The van der Waals surface area contributed by atoms with Crippen LogP contribution in [0.25, 0.3) is 0 Å². The van der Waals surface area contributed by atoms with Gasteiger partial charge in [-0.05, 0) is 57.3 Å². The predicted molar refractivity (Wildman–Crippen MR) is 298 cm³/mol. The molecule has 0 spiro atoms. The van der Waals surface area contributed by atoms with Crippen LogP contribution in [-0.4, -0.2) is 311 Å². The Kier molecular flexibility index (Phi) is 31.6. The molecule has 0 bridgehead atoms. The average Bonchev–Trinajstić information content (AvgIpc) is 4.32. The molecule has 0 aromatic carbocycles. The molecule has 13 fully saturated rings. The Morgan fingerprint density at radius 2 is 0.512 bits per heavy atom. The second-order valence-corrected chi connectivity index (χ2v) is 24.4. The summed E-state index contributed by atoms with van der Waals surface area (Å²) in [5, 5.41) is 0. The maximum Gasteiger partial charge on any atom is 0.104 e. The van der Waals surface area contributed by atoms with Gasteiger partial charge in [-0.1, -0.05) is 12.8 Å². The van der Waals surface area contributed by atoms with Crippen molar-refractivity contribution in [3.05, 3.63) is 0 Å². The second kappa shape index (κ2) is 39.3. The quantitative estimate of drug-likeness (QED) is 0.0626. The van der Waals surface area contributed by atoms with Gasteiger partial charge in [-0.25, -0.2) is 0 Å². The highest BCUT2D eigenvalue weighted by Gasteiger charge is 2.38. The molecule has 84 heavy (non-hydrogen) atoms. The fourth-order valence-electron chi connectivity index (χ4n) is 8.57. The van der Waals surface area contributed by atoms with Gasteiger partial charge in [0, 0.05) is 26.4 Å². The van der Waals surface area contributed by atoms with Crippen molar-refractivity contribution in [2.24, 2.45) is 17.3 Å². The maximum atomic E-state index is 5.88. The van der Waals surface area contributed by atoms with Crippen LogP contribution in [0.2, 0.25) is 0 Å². The van der Waals surface area contributed by atoms with E-state index in [0.29, 0.717) is 148 Å². The van der Waals surface area contributed by atoms with Crippen molar-refractivity contribution < 1.29 is 114 Å². The van der Waals surface area contributed by atoms with E-state index < -0.39 is 0 Å². The minimum Gasteiger partial charge on any atom is -0.379 e. The highest BCUT2D eigenvalue weighted by Crippen LogP contribution is 2.30. The third-order valence-electron chi connectivity index (χ3n) is 15.1. The van der Waals surface area contributed by atoms with Gasteiger partial charge >= 0.3 is 0 Å². The average molecular weight is 1210 g/mol. The van der Waals surface area contributed by atoms with Crippen LogP contribution in [0, 0.1) is 17.3 Å². The highest BCUT2D eigenvalue weighted by atomic mass is 16.7. The Bertz CT molecular complexity index is 1500. The van der Waals surface area contributed by atoms with E-state index in [1.54, 1.807) is 0 Å². The summed E-state index contributed by atoms with van der Waals surface area (Å²) in [6.45, 7) is 28.1. The molecule has 12 aliphatic heterocycles. The summed E-state index contributed by atoms with van der Waals surface area (Å²) >= 11 is 0. The first-order valence-corrected chi connectivity index (χ1v) is 31.8. The van der Waals surface area contributed by atoms with E-state index in [-0.39, 0.29) is 35.9 Å². The minimum atomic E-state index is -0.354. The SMILES string of the molecule is C(CCCOCC1CO1)CCOCC1CO1.C(COCC1CO1)OCC1CO1.C(OCC(COCC1CO1)(COCC1CO1)COCC1CO1)C1CO1.C1CC(COCC2CO2)CCC1COCC1CO1.CC(COCC1CO1)OCC1CO1. The van der Waals surface area contributed by atoms with Gasteiger partial charge in [0.2, 0.25) is 0 Å². The smallest absolute Gasteiger partial charge is 0.104 e. The number of epoxide rings is 12. The van der Waals surface area contributed by atoms with Crippen molar-refractivity contribution in [1.82, 2.24) is 0 Å². The van der Waals surface area contributed by atoms with Crippen LogP contribution >= 0.6 is 0 Å². The van der Waals surface area contributed by atoms with Crippen LogP contribution in [0.15, 0.2) is 0 Å². The summed E-state index contributed by atoms with van der Waals surface area (Å²) < 4.78 is 128. The molecule has 13 aliphatic rings. The molecule has 0 aromatic heterocycles. The first-order chi connectivity index (χ1) is 41.5. The molecule has 13 rings (SSSR count). The molecule has 1 aliphatic carbocycles. The first-order valence-electron chi connectivity index (χ1n) is 31.8. The summed E-state index contributed by atoms with van der Waals surface area (Å²) in [6, 6.07) is 0. The second-order valence-electron chi connectivity index (χ2n) is 24.4. The van der Waals surface area contributed by atoms with Crippen molar-refractivity contribution in [2.75, 3.05) is 231 Å². The fourth-order valence-corrected chi connectivity index (χ4v) is 8.57. The van der Waals surface area contributed by atoms with Crippen molar-refractivity contribution in [1.29, 1.82) is 0 Å². The lowest BCUT2D eigenvalue weighted by Crippen LogP contribution is -2.43. The standard InChI is InChI=1S/C17H28O8.C14H24O4.C12H22O4.C9H16O4.C8H14O4/c1(13-5-22-13)18-9-17(10-19-2-14-6-23-14,11-20-3-15-7-24-15)12-21-4-16-8-25-16;1-2-12(6-16-8-14-10-18-14)4-3-11(1)5-15-7-13-9-17-13;1(3-5-13-7-11-9-15-11)2-4-6-14-8-12-10-16-12;1-7(11-4-9-6-13-9)2-10-3-8-5-12-8;1(9-3-7-5-11-7)2-10-4-8-6-12-8/h13-16H,1-12H2;11-14H,1-10H2;11-12H,1-10H2;7-9H,2-6H2,1H3;7-8H,1-6H2. The normalized spacial score (nSPS) is 33.4. The molecule has 12 heterocycles. The van der Waals surface area contributed by atoms with Gasteiger partial charge in [-0.3, -0.25) is 0 Å². The van der Waals surface area contributed by atoms with E-state index in [9.17, 15) is 0 Å². The monoisotopic (exact) mass is 1210 g/mol. The summed E-state index contributed by atoms with van der Waals surface area (Å²) in [5.41, 5.74) is -0.354. The number of hydrogen-bond donors (Lipinski definition) is 0. The number of ether oxygens (including phenoxy) is 24. The van der Waals surface area contributed by atoms with Crippen LogP contribution in [0.5, 0.6) is 0 Å². The fraction of sp³-hybridized carbons (Fsp3) is 1.00. The van der Waals surface area contributed by atoms with Gasteiger partial charge in [0.15, 0.2) is 0 Å². The summed E-state index contributed by atoms with van der Waals surface area (Å²) in [4.78, 5) is 0. The molecular formula is C60H104O24. The maximum absolute atomic E-state index is 5.88. The van der Waals surface area contributed by atoms with E-state index in [4.69, 9.17) is 114 Å². The van der Waals surface area contributed by atoms with E-state index in [2.05, 4.69) is 0 Å². The van der Waals surface area contributed by atoms with Gasteiger partial charge in [0.1, 0.15) is 73.2 Å². The molecule has 13 unspecified atom stereocenters. The van der Waals surface area contributed by atoms with E-state index in [1.807, 2.05) is 6.92 Å². The molecule has 0 radical (unpaired) electrons. The zero-order valence-corrected chi connectivity index (χ0v) is 50.4. The third-order valence-corrected chi connectivity index (χ3v) is 15.1. The van der Waals surface area contributed by atoms with Crippen molar-refractivity contribution >= 4 is 0 Å². The lowest BCUT2D eigenvalue weighted by atomic mass is 9.83. The zero-order valence-electron chi connectivity index (χ0n) is 50.4. The molecule has 1 saturated carbocycles. The van der Waals surface area contributed by atoms with Crippen LogP contribution < -0.4 is 0 Å². The lowest BCUT2D eigenvalue weighted by molar-refractivity contribution is -0.111. The zero-order chi connectivity index (χ0) is 57.5. The Labute approximate surface area is 498 Å². The number of unbranched alkanes of at least 4 members (excludes halogenated alkanes) is 3. The number of hydrogen-bond acceptors (Lipinski definition) is 24. The number of rotatable bonds is 49. The molecule has 0 aromatic rings. The Morgan fingerprint density at radius 3 is 0.798 bits per heavy atom. The van der Waals surface area contributed by atoms with E-state index in [0.717, 1.165) is 157 Å². The Balaban J connectivity index is 0.000000129. The third kappa shape index (κ3) is 37.3. The van der Waals surface area contributed by atoms with Crippen LogP contribution in [0.3, 0.4) is 0 Å². The van der Waals surface area contributed by atoms with Gasteiger partial charge in [-0.15, -0.1) is 0 Å². The summed E-state index contributed by atoms with van der Waals surface area (Å²) in [7, 11) is 0. The molecule has 488 valence electrons. The van der Waals surface area contributed by atoms with Crippen LogP contribution in [-0.2, 0) is 114 Å². The largest absolute Gasteiger partial charge is 0.379 e. The summed E-state index contributed by atoms with van der Waals surface area (Å²) in [6.07, 6.45) is 14.0. The topological polar surface area (TPSA) is 261 Å². The minimum absolute atomic E-state index is 0.156. The van der Waals surface area contributed by atoms with Crippen molar-refractivity contribution in [2.45, 2.75) is 138 Å². The summed E-state index contributed by atoms with van der Waals surface area (Å²) in [5.74, 6) is 1.51. The van der Waals surface area contributed by atoms with Gasteiger partial charge in [-0.2, -0.15) is 0 Å². The molecule has 24 heteroatoms. The first kappa shape index (κ1) is 67.4. The van der Waals surface area contributed by atoms with Gasteiger partial charge < -0.3 is 114 Å². The van der Waals surface area contributed by atoms with Crippen LogP contribution in [0.4, 0.5) is 0 Å². The highest BCUT2D eigenvalue weighted by molar-refractivity contribution is 4.83. The predicted octanol–water partition coefficient (Wildman–Crippen LogP) is 2.66. The molecule has 24 nitrogen and oxygen atoms in total.